The predicted molar refractivity (Wildman–Crippen MR) is 88.5 cm³/mol. The van der Waals surface area contributed by atoms with Crippen molar-refractivity contribution in [2.24, 2.45) is 0 Å². The first kappa shape index (κ1) is 16.8. The molecule has 0 spiro atoms. The lowest BCUT2D eigenvalue weighted by molar-refractivity contribution is -0.129. The number of anilines is 1. The predicted octanol–water partition coefficient (Wildman–Crippen LogP) is 2.08. The lowest BCUT2D eigenvalue weighted by Gasteiger charge is -2.26. The summed E-state index contributed by atoms with van der Waals surface area (Å²) in [6.45, 7) is 5.56. The van der Waals surface area contributed by atoms with Crippen LogP contribution in [0.15, 0.2) is 18.2 Å². The number of rotatable bonds is 5. The Morgan fingerprint density at radius 2 is 1.73 bits per heavy atom. The average Bonchev–Trinajstić information content (AvgIpc) is 2.94. The third-order valence-corrected chi connectivity index (χ3v) is 5.24. The summed E-state index contributed by atoms with van der Waals surface area (Å²) < 4.78 is 25.7. The van der Waals surface area contributed by atoms with Gasteiger partial charge in [0.25, 0.3) is 0 Å². The van der Waals surface area contributed by atoms with E-state index in [0.717, 1.165) is 37.1 Å². The molecule has 0 unspecified atom stereocenters. The molecule has 1 aromatic carbocycles. The molecule has 0 radical (unpaired) electrons. The molecule has 0 saturated carbocycles. The zero-order valence-electron chi connectivity index (χ0n) is 13.5. The number of hydrogen-bond acceptors (Lipinski definition) is 3. The Balaban J connectivity index is 2.19. The lowest BCUT2D eigenvalue weighted by Crippen LogP contribution is -2.36. The summed E-state index contributed by atoms with van der Waals surface area (Å²) in [5.74, 6) is 0.0392. The number of carbonyl (C=O) groups is 1. The van der Waals surface area contributed by atoms with Crippen molar-refractivity contribution >= 4 is 21.6 Å². The molecular weight excluding hydrogens is 300 g/mol. The number of nitrogens with zero attached hydrogens (tertiary/aromatic N) is 2. The molecule has 6 heteroatoms. The van der Waals surface area contributed by atoms with E-state index >= 15 is 0 Å². The Morgan fingerprint density at radius 3 is 2.23 bits per heavy atom. The van der Waals surface area contributed by atoms with Crippen LogP contribution in [0, 0.1) is 13.8 Å². The van der Waals surface area contributed by atoms with Crippen LogP contribution < -0.4 is 4.31 Å². The van der Waals surface area contributed by atoms with Crippen LogP contribution in [-0.2, 0) is 14.8 Å². The first-order valence-corrected chi connectivity index (χ1v) is 9.47. The quantitative estimate of drug-likeness (QED) is 0.833. The van der Waals surface area contributed by atoms with Crippen LogP contribution in [0.5, 0.6) is 0 Å². The second-order valence-electron chi connectivity index (χ2n) is 5.91. The van der Waals surface area contributed by atoms with Crippen LogP contribution in [0.3, 0.4) is 0 Å². The molecule has 122 valence electrons. The number of benzene rings is 1. The number of para-hydroxylation sites is 1. The topological polar surface area (TPSA) is 57.7 Å². The van der Waals surface area contributed by atoms with Gasteiger partial charge in [0.05, 0.1) is 11.9 Å². The van der Waals surface area contributed by atoms with Crippen LogP contribution in [0.25, 0.3) is 0 Å². The van der Waals surface area contributed by atoms with Gasteiger partial charge in [-0.25, -0.2) is 8.42 Å². The second kappa shape index (κ2) is 6.69. The third-order valence-electron chi connectivity index (χ3n) is 4.08. The average molecular weight is 324 g/mol. The van der Waals surface area contributed by atoms with Gasteiger partial charge in [-0.2, -0.15) is 0 Å². The smallest absolute Gasteiger partial charge is 0.232 e. The summed E-state index contributed by atoms with van der Waals surface area (Å²) in [6.07, 6.45) is 3.50. The van der Waals surface area contributed by atoms with Crippen molar-refractivity contribution in [3.8, 4) is 0 Å². The van der Waals surface area contributed by atoms with Crippen LogP contribution in [0.2, 0.25) is 0 Å². The molecule has 1 fully saturated rings. The minimum Gasteiger partial charge on any atom is -0.343 e. The van der Waals surface area contributed by atoms with E-state index in [4.69, 9.17) is 0 Å². The normalized spacial score (nSPS) is 15.1. The van der Waals surface area contributed by atoms with E-state index in [1.54, 1.807) is 0 Å². The van der Waals surface area contributed by atoms with Gasteiger partial charge in [0.2, 0.25) is 15.9 Å². The summed E-state index contributed by atoms with van der Waals surface area (Å²) in [7, 11) is -3.42. The van der Waals surface area contributed by atoms with Crippen molar-refractivity contribution in [3.63, 3.8) is 0 Å². The van der Waals surface area contributed by atoms with Gasteiger partial charge in [-0.15, -0.1) is 0 Å². The first-order valence-electron chi connectivity index (χ1n) is 7.62. The molecule has 0 N–H and O–H groups in total. The van der Waals surface area contributed by atoms with Crippen LogP contribution in [0.1, 0.15) is 30.4 Å². The molecule has 1 aliphatic heterocycles. The van der Waals surface area contributed by atoms with E-state index < -0.39 is 10.0 Å². The second-order valence-corrected chi connectivity index (χ2v) is 7.82. The fourth-order valence-electron chi connectivity index (χ4n) is 2.96. The molecule has 1 saturated heterocycles. The zero-order chi connectivity index (χ0) is 16.3. The van der Waals surface area contributed by atoms with Gasteiger partial charge in [-0.3, -0.25) is 9.10 Å². The summed E-state index contributed by atoms with van der Waals surface area (Å²) >= 11 is 0. The van der Waals surface area contributed by atoms with Crippen LogP contribution >= 0.6 is 0 Å². The Kier molecular flexibility index (Phi) is 5.11. The fourth-order valence-corrected chi connectivity index (χ4v) is 4.01. The standard InChI is InChI=1S/C16H24N2O3S/c1-13-7-6-8-14(2)16(13)18(22(3,20)21)12-9-15(19)17-10-4-5-11-17/h6-8H,4-5,9-12H2,1-3H3. The molecule has 0 bridgehead atoms. The molecule has 0 aromatic heterocycles. The van der Waals surface area contributed by atoms with Gasteiger partial charge in [0.1, 0.15) is 0 Å². The van der Waals surface area contributed by atoms with Gasteiger partial charge in [0, 0.05) is 26.1 Å². The largest absolute Gasteiger partial charge is 0.343 e. The molecular formula is C16H24N2O3S. The van der Waals surface area contributed by atoms with Crippen molar-refractivity contribution in [1.82, 2.24) is 4.90 Å². The summed E-state index contributed by atoms with van der Waals surface area (Å²) in [5.41, 5.74) is 2.50. The van der Waals surface area contributed by atoms with Crippen molar-refractivity contribution in [2.45, 2.75) is 33.1 Å². The van der Waals surface area contributed by atoms with Crippen LogP contribution in [-0.4, -0.2) is 45.1 Å². The fraction of sp³-hybridized carbons (Fsp3) is 0.562. The van der Waals surface area contributed by atoms with Gasteiger partial charge >= 0.3 is 0 Å². The number of carbonyl (C=O) groups excluding carboxylic acids is 1. The highest BCUT2D eigenvalue weighted by Crippen LogP contribution is 2.27. The molecule has 1 amide bonds. The molecule has 5 nitrogen and oxygen atoms in total. The molecule has 1 heterocycles. The Bertz CT molecular complexity index is 629. The monoisotopic (exact) mass is 324 g/mol. The Hall–Kier alpha value is -1.56. The van der Waals surface area contributed by atoms with Gasteiger partial charge in [0.15, 0.2) is 0 Å². The highest BCUT2D eigenvalue weighted by molar-refractivity contribution is 7.92. The molecule has 22 heavy (non-hydrogen) atoms. The van der Waals surface area contributed by atoms with Gasteiger partial charge < -0.3 is 4.90 Å². The lowest BCUT2D eigenvalue weighted by atomic mass is 10.1. The summed E-state index contributed by atoms with van der Waals surface area (Å²) in [6, 6.07) is 5.69. The zero-order valence-corrected chi connectivity index (χ0v) is 14.3. The van der Waals surface area contributed by atoms with E-state index in [-0.39, 0.29) is 18.9 Å². The summed E-state index contributed by atoms with van der Waals surface area (Å²) in [4.78, 5) is 14.0. The maximum atomic E-state index is 12.2. The Labute approximate surface area is 133 Å². The highest BCUT2D eigenvalue weighted by atomic mass is 32.2. The van der Waals surface area contributed by atoms with Gasteiger partial charge in [-0.1, -0.05) is 18.2 Å². The molecule has 0 atom stereocenters. The van der Waals surface area contributed by atoms with Crippen molar-refractivity contribution in [3.05, 3.63) is 29.3 Å². The minimum absolute atomic E-state index is 0.0392. The number of amides is 1. The number of hydrogen-bond donors (Lipinski definition) is 0. The third kappa shape index (κ3) is 3.80. The number of sulfonamides is 1. The van der Waals surface area contributed by atoms with E-state index in [2.05, 4.69) is 0 Å². The first-order chi connectivity index (χ1) is 10.3. The number of likely N-dealkylation sites (tertiary alicyclic amines) is 1. The van der Waals surface area contributed by atoms with Crippen molar-refractivity contribution < 1.29 is 13.2 Å². The molecule has 0 aliphatic carbocycles. The summed E-state index contributed by atoms with van der Waals surface area (Å²) in [5, 5.41) is 0. The van der Waals surface area contributed by atoms with E-state index in [0.29, 0.717) is 5.69 Å². The minimum atomic E-state index is -3.42. The Morgan fingerprint density at radius 1 is 1.18 bits per heavy atom. The number of aryl methyl sites for hydroxylation is 2. The van der Waals surface area contributed by atoms with Crippen molar-refractivity contribution in [1.29, 1.82) is 0 Å². The molecule has 1 aliphatic rings. The maximum Gasteiger partial charge on any atom is 0.232 e. The maximum absolute atomic E-state index is 12.2. The van der Waals surface area contributed by atoms with Crippen molar-refractivity contribution in [2.75, 3.05) is 30.2 Å². The van der Waals surface area contributed by atoms with E-state index in [1.807, 2.05) is 36.9 Å². The molecule has 1 aromatic rings. The van der Waals surface area contributed by atoms with E-state index in [9.17, 15) is 13.2 Å². The highest BCUT2D eigenvalue weighted by Gasteiger charge is 2.24. The molecule has 2 rings (SSSR count). The van der Waals surface area contributed by atoms with E-state index in [1.165, 1.54) is 10.6 Å². The SMILES string of the molecule is Cc1cccc(C)c1N(CCC(=O)N1CCCC1)S(C)(=O)=O. The van der Waals surface area contributed by atoms with Gasteiger partial charge in [-0.05, 0) is 37.8 Å². The van der Waals surface area contributed by atoms with Crippen LogP contribution in [0.4, 0.5) is 5.69 Å².